The fourth-order valence-electron chi connectivity index (χ4n) is 3.53. The SMILES string of the molecule is Cc1ccc(CC(=O)NCCn2c(=O)n(Cc3ccccc3)c3cccnc32)cc1. The van der Waals surface area contributed by atoms with Crippen molar-refractivity contribution >= 4 is 17.1 Å². The Labute approximate surface area is 174 Å². The highest BCUT2D eigenvalue weighted by Gasteiger charge is 2.14. The molecule has 0 saturated heterocycles. The van der Waals surface area contributed by atoms with E-state index in [0.717, 1.165) is 22.2 Å². The van der Waals surface area contributed by atoms with Crippen LogP contribution in [-0.2, 0) is 24.3 Å². The number of aryl methyl sites for hydroxylation is 1. The average Bonchev–Trinajstić information content (AvgIpc) is 3.02. The number of hydrogen-bond donors (Lipinski definition) is 1. The molecular weight excluding hydrogens is 376 g/mol. The van der Waals surface area contributed by atoms with Gasteiger partial charge in [0.1, 0.15) is 0 Å². The highest BCUT2D eigenvalue weighted by Crippen LogP contribution is 2.12. The molecule has 152 valence electrons. The van der Waals surface area contributed by atoms with E-state index in [1.54, 1.807) is 15.3 Å². The molecule has 4 aromatic rings. The fraction of sp³-hybridized carbons (Fsp3) is 0.208. The van der Waals surface area contributed by atoms with Crippen molar-refractivity contribution in [1.29, 1.82) is 0 Å². The van der Waals surface area contributed by atoms with Crippen molar-refractivity contribution in [3.8, 4) is 0 Å². The lowest BCUT2D eigenvalue weighted by Crippen LogP contribution is -2.32. The van der Waals surface area contributed by atoms with E-state index in [1.807, 2.05) is 73.7 Å². The number of aromatic nitrogens is 3. The maximum absolute atomic E-state index is 13.1. The minimum Gasteiger partial charge on any atom is -0.354 e. The van der Waals surface area contributed by atoms with Crippen molar-refractivity contribution in [2.45, 2.75) is 26.4 Å². The normalized spacial score (nSPS) is 11.0. The van der Waals surface area contributed by atoms with Gasteiger partial charge >= 0.3 is 5.69 Å². The molecule has 0 unspecified atom stereocenters. The minimum absolute atomic E-state index is 0.0621. The Morgan fingerprint density at radius 3 is 2.47 bits per heavy atom. The number of carbonyl (C=O) groups is 1. The number of amides is 1. The van der Waals surface area contributed by atoms with Gasteiger partial charge in [0.15, 0.2) is 5.65 Å². The molecule has 0 aliphatic heterocycles. The summed E-state index contributed by atoms with van der Waals surface area (Å²) in [7, 11) is 0. The van der Waals surface area contributed by atoms with E-state index in [0.29, 0.717) is 31.7 Å². The lowest BCUT2D eigenvalue weighted by atomic mass is 10.1. The molecule has 0 aliphatic carbocycles. The highest BCUT2D eigenvalue weighted by atomic mass is 16.2. The van der Waals surface area contributed by atoms with Crippen LogP contribution in [0.25, 0.3) is 11.2 Å². The lowest BCUT2D eigenvalue weighted by Gasteiger charge is -2.07. The van der Waals surface area contributed by atoms with E-state index in [1.165, 1.54) is 0 Å². The molecule has 30 heavy (non-hydrogen) atoms. The Hall–Kier alpha value is -3.67. The number of hydrogen-bond acceptors (Lipinski definition) is 3. The van der Waals surface area contributed by atoms with Gasteiger partial charge in [-0.15, -0.1) is 0 Å². The standard InChI is InChI=1S/C24H24N4O2/c1-18-9-11-19(12-10-18)16-22(29)25-14-15-27-23-21(8-5-13-26-23)28(24(27)30)17-20-6-3-2-4-7-20/h2-13H,14-17H2,1H3,(H,25,29). The molecule has 4 rings (SSSR count). The van der Waals surface area contributed by atoms with Gasteiger partial charge in [0, 0.05) is 19.3 Å². The Kier molecular flexibility index (Phi) is 5.75. The summed E-state index contributed by atoms with van der Waals surface area (Å²) in [5, 5.41) is 2.91. The molecule has 0 bridgehead atoms. The molecule has 0 fully saturated rings. The van der Waals surface area contributed by atoms with E-state index in [-0.39, 0.29) is 11.6 Å². The maximum Gasteiger partial charge on any atom is 0.330 e. The smallest absolute Gasteiger partial charge is 0.330 e. The first-order valence-corrected chi connectivity index (χ1v) is 10.0. The summed E-state index contributed by atoms with van der Waals surface area (Å²) in [5.74, 6) is -0.0621. The van der Waals surface area contributed by atoms with Crippen LogP contribution in [0.4, 0.5) is 0 Å². The molecule has 6 heteroatoms. The van der Waals surface area contributed by atoms with E-state index >= 15 is 0 Å². The van der Waals surface area contributed by atoms with Gasteiger partial charge in [0.25, 0.3) is 0 Å². The highest BCUT2D eigenvalue weighted by molar-refractivity contribution is 5.78. The van der Waals surface area contributed by atoms with Crippen LogP contribution in [0.3, 0.4) is 0 Å². The van der Waals surface area contributed by atoms with Gasteiger partial charge in [-0.3, -0.25) is 13.9 Å². The topological polar surface area (TPSA) is 68.9 Å². The summed E-state index contributed by atoms with van der Waals surface area (Å²) < 4.78 is 3.36. The average molecular weight is 400 g/mol. The minimum atomic E-state index is -0.125. The Balaban J connectivity index is 1.47. The van der Waals surface area contributed by atoms with Gasteiger partial charge in [-0.1, -0.05) is 60.2 Å². The predicted molar refractivity (Wildman–Crippen MR) is 117 cm³/mol. The number of pyridine rings is 1. The first-order chi connectivity index (χ1) is 14.6. The van der Waals surface area contributed by atoms with E-state index < -0.39 is 0 Å². The van der Waals surface area contributed by atoms with Gasteiger partial charge in [-0.25, -0.2) is 9.78 Å². The molecular formula is C24H24N4O2. The molecule has 0 atom stereocenters. The third-order valence-corrected chi connectivity index (χ3v) is 5.10. The first kappa shape index (κ1) is 19.6. The molecule has 0 aliphatic rings. The van der Waals surface area contributed by atoms with Crippen LogP contribution >= 0.6 is 0 Å². The van der Waals surface area contributed by atoms with Gasteiger partial charge in [0.05, 0.1) is 18.5 Å². The molecule has 0 radical (unpaired) electrons. The molecule has 0 spiro atoms. The van der Waals surface area contributed by atoms with Crippen LogP contribution in [-0.4, -0.2) is 26.6 Å². The van der Waals surface area contributed by atoms with E-state index in [2.05, 4.69) is 10.3 Å². The summed E-state index contributed by atoms with van der Waals surface area (Å²) in [5.41, 5.74) is 4.48. The van der Waals surface area contributed by atoms with E-state index in [9.17, 15) is 9.59 Å². The number of nitrogens with zero attached hydrogens (tertiary/aromatic N) is 3. The number of fused-ring (bicyclic) bond motifs is 1. The zero-order chi connectivity index (χ0) is 20.9. The van der Waals surface area contributed by atoms with Crippen molar-refractivity contribution in [3.63, 3.8) is 0 Å². The quantitative estimate of drug-likeness (QED) is 0.519. The molecule has 6 nitrogen and oxygen atoms in total. The van der Waals surface area contributed by atoms with Crippen LogP contribution in [0, 0.1) is 6.92 Å². The molecule has 2 heterocycles. The predicted octanol–water partition coefficient (Wildman–Crippen LogP) is 2.91. The molecule has 2 aromatic carbocycles. The first-order valence-electron chi connectivity index (χ1n) is 10.0. The van der Waals surface area contributed by atoms with Crippen LogP contribution in [0.5, 0.6) is 0 Å². The second kappa shape index (κ2) is 8.78. The number of benzene rings is 2. The Morgan fingerprint density at radius 2 is 1.70 bits per heavy atom. The summed E-state index contributed by atoms with van der Waals surface area (Å²) in [4.78, 5) is 29.7. The number of imidazole rings is 1. The summed E-state index contributed by atoms with van der Waals surface area (Å²) in [6.07, 6.45) is 2.00. The van der Waals surface area contributed by atoms with Crippen LogP contribution in [0.1, 0.15) is 16.7 Å². The third kappa shape index (κ3) is 4.33. The largest absolute Gasteiger partial charge is 0.354 e. The van der Waals surface area contributed by atoms with Crippen molar-refractivity contribution in [2.75, 3.05) is 6.54 Å². The van der Waals surface area contributed by atoms with Gasteiger partial charge < -0.3 is 5.32 Å². The van der Waals surface area contributed by atoms with Crippen molar-refractivity contribution in [2.24, 2.45) is 0 Å². The van der Waals surface area contributed by atoms with Crippen molar-refractivity contribution < 1.29 is 4.79 Å². The van der Waals surface area contributed by atoms with Crippen LogP contribution in [0.15, 0.2) is 77.7 Å². The second-order valence-corrected chi connectivity index (χ2v) is 7.36. The number of carbonyl (C=O) groups excluding carboxylic acids is 1. The maximum atomic E-state index is 13.1. The monoisotopic (exact) mass is 400 g/mol. The summed E-state index contributed by atoms with van der Waals surface area (Å²) in [6.45, 7) is 3.23. The van der Waals surface area contributed by atoms with Gasteiger partial charge in [-0.2, -0.15) is 0 Å². The van der Waals surface area contributed by atoms with Crippen molar-refractivity contribution in [1.82, 2.24) is 19.4 Å². The zero-order valence-electron chi connectivity index (χ0n) is 16.9. The molecule has 1 N–H and O–H groups in total. The number of rotatable bonds is 7. The molecule has 0 saturated carbocycles. The zero-order valence-corrected chi connectivity index (χ0v) is 16.9. The number of nitrogens with one attached hydrogen (secondary N) is 1. The molecule has 1 amide bonds. The second-order valence-electron chi connectivity index (χ2n) is 7.36. The van der Waals surface area contributed by atoms with Gasteiger partial charge in [0.2, 0.25) is 5.91 Å². The Bertz CT molecular complexity index is 1210. The van der Waals surface area contributed by atoms with Crippen molar-refractivity contribution in [3.05, 3.63) is 100 Å². The Morgan fingerprint density at radius 1 is 0.933 bits per heavy atom. The molecule has 2 aromatic heterocycles. The van der Waals surface area contributed by atoms with Crippen LogP contribution < -0.4 is 11.0 Å². The third-order valence-electron chi connectivity index (χ3n) is 5.10. The van der Waals surface area contributed by atoms with E-state index in [4.69, 9.17) is 0 Å². The lowest BCUT2D eigenvalue weighted by molar-refractivity contribution is -0.120. The fourth-order valence-corrected chi connectivity index (χ4v) is 3.53. The van der Waals surface area contributed by atoms with Crippen LogP contribution in [0.2, 0.25) is 0 Å². The summed E-state index contributed by atoms with van der Waals surface area (Å²) in [6, 6.07) is 21.5. The summed E-state index contributed by atoms with van der Waals surface area (Å²) >= 11 is 0. The van der Waals surface area contributed by atoms with Gasteiger partial charge in [-0.05, 0) is 30.2 Å².